The van der Waals surface area contributed by atoms with Crippen molar-refractivity contribution in [1.82, 2.24) is 5.32 Å². The Hall–Kier alpha value is -1.34. The Kier molecular flexibility index (Phi) is 6.24. The summed E-state index contributed by atoms with van der Waals surface area (Å²) in [6.45, 7) is 2.24. The summed E-state index contributed by atoms with van der Waals surface area (Å²) >= 11 is 6.08. The molecule has 0 bridgehead atoms. The van der Waals surface area contributed by atoms with Crippen molar-refractivity contribution in [1.29, 1.82) is 0 Å². The minimum atomic E-state index is -0.929. The number of hydrogen-bond donors (Lipinski definition) is 2. The van der Waals surface area contributed by atoms with Crippen LogP contribution in [-0.2, 0) is 20.9 Å². The average Bonchev–Trinajstić information content (AvgIpc) is 2.86. The van der Waals surface area contributed by atoms with Crippen LogP contribution in [0.5, 0.6) is 5.75 Å². The zero-order valence-electron chi connectivity index (χ0n) is 13.4. The highest BCUT2D eigenvalue weighted by Gasteiger charge is 2.40. The van der Waals surface area contributed by atoms with E-state index in [1.165, 1.54) is 0 Å². The van der Waals surface area contributed by atoms with E-state index in [2.05, 4.69) is 5.32 Å². The Labute approximate surface area is 140 Å². The van der Waals surface area contributed by atoms with Crippen LogP contribution in [0, 0.1) is 5.92 Å². The number of benzene rings is 1. The molecular formula is C16H22ClNO5. The molecule has 1 aromatic carbocycles. The minimum absolute atomic E-state index is 0.0785. The highest BCUT2D eigenvalue weighted by molar-refractivity contribution is 6.32. The molecule has 0 spiro atoms. The first-order valence-corrected chi connectivity index (χ1v) is 7.84. The monoisotopic (exact) mass is 343 g/mol. The standard InChI is InChI=1S/C16H22ClNO5/c1-9-7-12(23-14(9)13(18-2)16(19)20)22-8-10-5-4-6-11(17)15(10)21-3/h4-6,9,12-14,18H,7-8H2,1-3H3,(H,19,20)/t9-,12?,13?,14-/m1/s1. The third kappa shape index (κ3) is 4.14. The molecule has 2 rings (SSSR count). The van der Waals surface area contributed by atoms with Crippen LogP contribution in [0.25, 0.3) is 0 Å². The molecule has 128 valence electrons. The van der Waals surface area contributed by atoms with Gasteiger partial charge in [-0.15, -0.1) is 0 Å². The fourth-order valence-electron chi connectivity index (χ4n) is 2.82. The van der Waals surface area contributed by atoms with E-state index in [9.17, 15) is 9.90 Å². The van der Waals surface area contributed by atoms with Crippen LogP contribution in [0.1, 0.15) is 18.9 Å². The lowest BCUT2D eigenvalue weighted by Crippen LogP contribution is -2.46. The first kappa shape index (κ1) is 18.0. The first-order valence-electron chi connectivity index (χ1n) is 7.46. The van der Waals surface area contributed by atoms with Gasteiger partial charge in [-0.1, -0.05) is 30.7 Å². The Balaban J connectivity index is 1.98. The number of halogens is 1. The largest absolute Gasteiger partial charge is 0.495 e. The van der Waals surface area contributed by atoms with Crippen LogP contribution >= 0.6 is 11.6 Å². The van der Waals surface area contributed by atoms with Crippen LogP contribution in [0.15, 0.2) is 18.2 Å². The molecule has 4 atom stereocenters. The molecule has 1 aromatic rings. The number of para-hydroxylation sites is 1. The second-order valence-electron chi connectivity index (χ2n) is 5.59. The lowest BCUT2D eigenvalue weighted by molar-refractivity contribution is -0.160. The second-order valence-corrected chi connectivity index (χ2v) is 6.00. The minimum Gasteiger partial charge on any atom is -0.495 e. The van der Waals surface area contributed by atoms with Gasteiger partial charge in [0.25, 0.3) is 0 Å². The highest BCUT2D eigenvalue weighted by atomic mass is 35.5. The number of rotatable bonds is 7. The van der Waals surface area contributed by atoms with E-state index in [-0.39, 0.29) is 12.5 Å². The summed E-state index contributed by atoms with van der Waals surface area (Å²) in [5.74, 6) is -0.272. The second kappa shape index (κ2) is 7.97. The van der Waals surface area contributed by atoms with Crippen molar-refractivity contribution in [2.24, 2.45) is 5.92 Å². The zero-order valence-corrected chi connectivity index (χ0v) is 14.2. The Morgan fingerprint density at radius 1 is 1.57 bits per heavy atom. The van der Waals surface area contributed by atoms with Crippen LogP contribution in [0.3, 0.4) is 0 Å². The van der Waals surface area contributed by atoms with Gasteiger partial charge in [0.2, 0.25) is 0 Å². The third-order valence-electron chi connectivity index (χ3n) is 4.02. The van der Waals surface area contributed by atoms with E-state index in [0.29, 0.717) is 17.2 Å². The molecule has 0 radical (unpaired) electrons. The quantitative estimate of drug-likeness (QED) is 0.791. The molecule has 7 heteroatoms. The molecule has 2 N–H and O–H groups in total. The van der Waals surface area contributed by atoms with Crippen LogP contribution in [0.4, 0.5) is 0 Å². The topological polar surface area (TPSA) is 77.0 Å². The molecule has 1 saturated heterocycles. The lowest BCUT2D eigenvalue weighted by atomic mass is 9.97. The van der Waals surface area contributed by atoms with Crippen molar-refractivity contribution in [2.75, 3.05) is 14.2 Å². The van der Waals surface area contributed by atoms with Gasteiger partial charge >= 0.3 is 5.97 Å². The number of aliphatic carboxylic acids is 1. The number of carboxylic acid groups (broad SMARTS) is 1. The molecular weight excluding hydrogens is 322 g/mol. The maximum Gasteiger partial charge on any atom is 0.323 e. The van der Waals surface area contributed by atoms with Crippen LogP contribution in [0.2, 0.25) is 5.02 Å². The fraction of sp³-hybridized carbons (Fsp3) is 0.562. The van der Waals surface area contributed by atoms with E-state index >= 15 is 0 Å². The van der Waals surface area contributed by atoms with Crippen molar-refractivity contribution < 1.29 is 24.1 Å². The van der Waals surface area contributed by atoms with Gasteiger partial charge in [-0.05, 0) is 19.0 Å². The van der Waals surface area contributed by atoms with Gasteiger partial charge in [0.1, 0.15) is 11.8 Å². The number of ether oxygens (including phenoxy) is 3. The van der Waals surface area contributed by atoms with Gasteiger partial charge in [-0.2, -0.15) is 0 Å². The number of carbonyl (C=O) groups is 1. The van der Waals surface area contributed by atoms with E-state index in [1.807, 2.05) is 19.1 Å². The molecule has 1 fully saturated rings. The fourth-order valence-corrected chi connectivity index (χ4v) is 3.10. The van der Waals surface area contributed by atoms with E-state index in [4.69, 9.17) is 25.8 Å². The number of nitrogens with one attached hydrogen (secondary N) is 1. The van der Waals surface area contributed by atoms with Crippen molar-refractivity contribution in [3.8, 4) is 5.75 Å². The Morgan fingerprint density at radius 3 is 2.91 bits per heavy atom. The summed E-state index contributed by atoms with van der Waals surface area (Å²) in [7, 11) is 3.17. The SMILES string of the molecule is CNC(C(=O)O)[C@@H]1OC(OCc2cccc(Cl)c2OC)C[C@H]1C. The molecule has 1 heterocycles. The Bertz CT molecular complexity index is 553. The Morgan fingerprint density at radius 2 is 2.30 bits per heavy atom. The van der Waals surface area contributed by atoms with Crippen molar-refractivity contribution in [2.45, 2.75) is 38.4 Å². The van der Waals surface area contributed by atoms with Crippen LogP contribution < -0.4 is 10.1 Å². The first-order chi connectivity index (χ1) is 11.0. The molecule has 2 unspecified atom stereocenters. The molecule has 0 saturated carbocycles. The van der Waals surface area contributed by atoms with Crippen molar-refractivity contribution in [3.05, 3.63) is 28.8 Å². The molecule has 6 nitrogen and oxygen atoms in total. The predicted octanol–water partition coefficient (Wildman–Crippen LogP) is 2.29. The number of likely N-dealkylation sites (N-methyl/N-ethyl adjacent to an activating group) is 1. The summed E-state index contributed by atoms with van der Waals surface area (Å²) < 4.78 is 16.8. The summed E-state index contributed by atoms with van der Waals surface area (Å²) in [6, 6.07) is 4.69. The summed E-state index contributed by atoms with van der Waals surface area (Å²) in [6.07, 6.45) is -0.239. The molecule has 0 aliphatic carbocycles. The molecule has 23 heavy (non-hydrogen) atoms. The molecule has 0 amide bonds. The summed E-state index contributed by atoms with van der Waals surface area (Å²) in [5, 5.41) is 12.5. The number of carboxylic acids is 1. The van der Waals surface area contributed by atoms with Gasteiger partial charge in [0, 0.05) is 12.0 Å². The summed E-state index contributed by atoms with van der Waals surface area (Å²) in [4.78, 5) is 11.3. The molecule has 1 aliphatic rings. The van der Waals surface area contributed by atoms with Gasteiger partial charge in [0.15, 0.2) is 6.29 Å². The van der Waals surface area contributed by atoms with Gasteiger partial charge in [-0.25, -0.2) is 0 Å². The summed E-state index contributed by atoms with van der Waals surface area (Å²) in [5.41, 5.74) is 0.822. The van der Waals surface area contributed by atoms with Crippen molar-refractivity contribution >= 4 is 17.6 Å². The average molecular weight is 344 g/mol. The van der Waals surface area contributed by atoms with E-state index in [1.54, 1.807) is 20.2 Å². The zero-order chi connectivity index (χ0) is 17.0. The van der Waals surface area contributed by atoms with Crippen LogP contribution in [-0.4, -0.2) is 43.7 Å². The maximum atomic E-state index is 11.3. The lowest BCUT2D eigenvalue weighted by Gasteiger charge is -2.22. The van der Waals surface area contributed by atoms with Gasteiger partial charge in [0.05, 0.1) is 24.8 Å². The molecule has 1 aliphatic heterocycles. The van der Waals surface area contributed by atoms with E-state index in [0.717, 1.165) is 5.56 Å². The highest BCUT2D eigenvalue weighted by Crippen LogP contribution is 2.32. The normalized spacial score (nSPS) is 25.3. The predicted molar refractivity (Wildman–Crippen MR) is 85.7 cm³/mol. The van der Waals surface area contributed by atoms with Crippen molar-refractivity contribution in [3.63, 3.8) is 0 Å². The maximum absolute atomic E-state index is 11.3. The number of methoxy groups -OCH3 is 1. The molecule has 0 aromatic heterocycles. The smallest absolute Gasteiger partial charge is 0.323 e. The number of hydrogen-bond acceptors (Lipinski definition) is 5. The van der Waals surface area contributed by atoms with Gasteiger partial charge < -0.3 is 24.6 Å². The third-order valence-corrected chi connectivity index (χ3v) is 4.31. The van der Waals surface area contributed by atoms with Gasteiger partial charge in [-0.3, -0.25) is 4.79 Å². The van der Waals surface area contributed by atoms with E-state index < -0.39 is 24.4 Å².